The summed E-state index contributed by atoms with van der Waals surface area (Å²) in [5.41, 5.74) is 1.98. The number of hydrogen-bond acceptors (Lipinski definition) is 5. The molecule has 0 aliphatic heterocycles. The molecule has 27 heavy (non-hydrogen) atoms. The standard InChI is InChI=1S/C20H23FN4OS/c1-14(24(2)3)19-22-23-20(25(19)17-10-8-16(21)9-11-17)27-13-15-6-5-7-18(12-15)26-4/h5-12,14H,13H2,1-4H3/t14-/m1/s1. The Hall–Kier alpha value is -2.38. The Labute approximate surface area is 163 Å². The van der Waals surface area contributed by atoms with Crippen molar-refractivity contribution in [2.24, 2.45) is 0 Å². The van der Waals surface area contributed by atoms with Crippen LogP contribution in [0.3, 0.4) is 0 Å². The number of benzene rings is 2. The molecule has 0 saturated heterocycles. The van der Waals surface area contributed by atoms with Gasteiger partial charge in [-0.3, -0.25) is 9.47 Å². The maximum absolute atomic E-state index is 13.4. The van der Waals surface area contributed by atoms with Crippen LogP contribution in [0.2, 0.25) is 0 Å². The molecule has 0 aliphatic rings. The van der Waals surface area contributed by atoms with Crippen molar-refractivity contribution in [1.82, 2.24) is 19.7 Å². The van der Waals surface area contributed by atoms with E-state index in [4.69, 9.17) is 4.74 Å². The Balaban J connectivity index is 1.93. The predicted octanol–water partition coefficient (Wildman–Crippen LogP) is 4.33. The van der Waals surface area contributed by atoms with Crippen molar-refractivity contribution in [3.8, 4) is 11.4 Å². The van der Waals surface area contributed by atoms with E-state index < -0.39 is 0 Å². The van der Waals surface area contributed by atoms with Crippen molar-refractivity contribution < 1.29 is 9.13 Å². The molecule has 7 heteroatoms. The molecular weight excluding hydrogens is 363 g/mol. The molecule has 1 heterocycles. The van der Waals surface area contributed by atoms with Crippen LogP contribution in [0.15, 0.2) is 53.7 Å². The normalized spacial score (nSPS) is 12.4. The van der Waals surface area contributed by atoms with E-state index in [9.17, 15) is 4.39 Å². The van der Waals surface area contributed by atoms with Crippen molar-refractivity contribution in [1.29, 1.82) is 0 Å². The highest BCUT2D eigenvalue weighted by Gasteiger charge is 2.21. The molecule has 2 aromatic carbocycles. The molecule has 0 bridgehead atoms. The van der Waals surface area contributed by atoms with E-state index in [0.29, 0.717) is 0 Å². The number of thioether (sulfide) groups is 1. The van der Waals surface area contributed by atoms with Crippen molar-refractivity contribution in [3.05, 3.63) is 65.7 Å². The number of methoxy groups -OCH3 is 1. The number of ether oxygens (including phenoxy) is 1. The van der Waals surface area contributed by atoms with Crippen LogP contribution in [0.1, 0.15) is 24.4 Å². The SMILES string of the molecule is COc1cccc(CSc2nnc([C@@H](C)N(C)C)n2-c2ccc(F)cc2)c1. The van der Waals surface area contributed by atoms with Crippen LogP contribution in [-0.4, -0.2) is 40.9 Å². The average Bonchev–Trinajstić information content (AvgIpc) is 3.10. The molecule has 1 aromatic heterocycles. The molecule has 3 aromatic rings. The summed E-state index contributed by atoms with van der Waals surface area (Å²) < 4.78 is 20.7. The smallest absolute Gasteiger partial charge is 0.196 e. The third-order valence-electron chi connectivity index (χ3n) is 4.39. The average molecular weight is 386 g/mol. The molecule has 0 spiro atoms. The Morgan fingerprint density at radius 2 is 1.89 bits per heavy atom. The minimum Gasteiger partial charge on any atom is -0.497 e. The second-order valence-corrected chi connectivity index (χ2v) is 7.37. The highest BCUT2D eigenvalue weighted by atomic mass is 32.2. The number of nitrogens with zero attached hydrogens (tertiary/aromatic N) is 4. The number of hydrogen-bond donors (Lipinski definition) is 0. The van der Waals surface area contributed by atoms with Gasteiger partial charge in [0.1, 0.15) is 11.6 Å². The lowest BCUT2D eigenvalue weighted by atomic mass is 10.2. The largest absolute Gasteiger partial charge is 0.497 e. The topological polar surface area (TPSA) is 43.2 Å². The lowest BCUT2D eigenvalue weighted by molar-refractivity contribution is 0.305. The molecular formula is C20H23FN4OS. The van der Waals surface area contributed by atoms with Crippen molar-refractivity contribution in [2.45, 2.75) is 23.9 Å². The summed E-state index contributed by atoms with van der Waals surface area (Å²) in [6.45, 7) is 2.07. The molecule has 0 fully saturated rings. The zero-order valence-electron chi connectivity index (χ0n) is 15.9. The second kappa shape index (κ2) is 8.54. The molecule has 0 aliphatic carbocycles. The van der Waals surface area contributed by atoms with Gasteiger partial charge in [0.2, 0.25) is 0 Å². The van der Waals surface area contributed by atoms with Crippen LogP contribution >= 0.6 is 11.8 Å². The minimum absolute atomic E-state index is 0.0636. The van der Waals surface area contributed by atoms with Gasteiger partial charge >= 0.3 is 0 Å². The van der Waals surface area contributed by atoms with Crippen molar-refractivity contribution in [3.63, 3.8) is 0 Å². The van der Waals surface area contributed by atoms with Crippen LogP contribution in [0.4, 0.5) is 4.39 Å². The summed E-state index contributed by atoms with van der Waals surface area (Å²) in [7, 11) is 5.65. The van der Waals surface area contributed by atoms with E-state index in [1.165, 1.54) is 12.1 Å². The maximum atomic E-state index is 13.4. The first-order valence-electron chi connectivity index (χ1n) is 8.63. The van der Waals surface area contributed by atoms with Gasteiger partial charge in [0.15, 0.2) is 11.0 Å². The summed E-state index contributed by atoms with van der Waals surface area (Å²) in [6.07, 6.45) is 0. The fraction of sp³-hybridized carbons (Fsp3) is 0.300. The van der Waals surface area contributed by atoms with E-state index in [0.717, 1.165) is 33.7 Å². The van der Waals surface area contributed by atoms with E-state index in [-0.39, 0.29) is 11.9 Å². The zero-order chi connectivity index (χ0) is 19.4. The monoisotopic (exact) mass is 386 g/mol. The maximum Gasteiger partial charge on any atom is 0.196 e. The van der Waals surface area contributed by atoms with Crippen LogP contribution in [-0.2, 0) is 5.75 Å². The molecule has 0 amide bonds. The Kier molecular flexibility index (Phi) is 6.13. The molecule has 3 rings (SSSR count). The number of rotatable bonds is 7. The van der Waals surface area contributed by atoms with Gasteiger partial charge < -0.3 is 4.74 Å². The quantitative estimate of drug-likeness (QED) is 0.566. The van der Waals surface area contributed by atoms with E-state index in [1.54, 1.807) is 31.0 Å². The lowest BCUT2D eigenvalue weighted by Gasteiger charge is -2.20. The molecule has 142 valence electrons. The fourth-order valence-electron chi connectivity index (χ4n) is 2.62. The van der Waals surface area contributed by atoms with E-state index in [2.05, 4.69) is 28.1 Å². The van der Waals surface area contributed by atoms with Gasteiger partial charge in [0.25, 0.3) is 0 Å². The van der Waals surface area contributed by atoms with Crippen LogP contribution in [0.25, 0.3) is 5.69 Å². The van der Waals surface area contributed by atoms with E-state index >= 15 is 0 Å². The minimum atomic E-state index is -0.264. The third-order valence-corrected chi connectivity index (χ3v) is 5.39. The fourth-order valence-corrected chi connectivity index (χ4v) is 3.52. The van der Waals surface area contributed by atoms with Gasteiger partial charge in [-0.05, 0) is 63.0 Å². The zero-order valence-corrected chi connectivity index (χ0v) is 16.7. The first kappa shape index (κ1) is 19.4. The first-order chi connectivity index (χ1) is 13.0. The summed E-state index contributed by atoms with van der Waals surface area (Å²) in [4.78, 5) is 2.07. The molecule has 0 unspecified atom stereocenters. The summed E-state index contributed by atoms with van der Waals surface area (Å²) >= 11 is 1.59. The molecule has 0 N–H and O–H groups in total. The van der Waals surface area contributed by atoms with Crippen LogP contribution in [0, 0.1) is 5.82 Å². The second-order valence-electron chi connectivity index (χ2n) is 6.43. The highest BCUT2D eigenvalue weighted by molar-refractivity contribution is 7.98. The van der Waals surface area contributed by atoms with Gasteiger partial charge in [0, 0.05) is 11.4 Å². The Bertz CT molecular complexity index is 895. The van der Waals surface area contributed by atoms with Crippen LogP contribution < -0.4 is 4.74 Å². The summed E-state index contributed by atoms with van der Waals surface area (Å²) in [6, 6.07) is 14.4. The molecule has 1 atom stereocenters. The summed E-state index contributed by atoms with van der Waals surface area (Å²) in [5.74, 6) is 2.11. The van der Waals surface area contributed by atoms with Gasteiger partial charge in [-0.1, -0.05) is 23.9 Å². The van der Waals surface area contributed by atoms with Gasteiger partial charge in [-0.25, -0.2) is 4.39 Å². The predicted molar refractivity (Wildman–Crippen MR) is 106 cm³/mol. The van der Waals surface area contributed by atoms with Crippen molar-refractivity contribution >= 4 is 11.8 Å². The summed E-state index contributed by atoms with van der Waals surface area (Å²) in [5, 5.41) is 9.59. The molecule has 0 radical (unpaired) electrons. The van der Waals surface area contributed by atoms with Gasteiger partial charge in [-0.15, -0.1) is 10.2 Å². The van der Waals surface area contributed by atoms with E-state index in [1.807, 2.05) is 36.9 Å². The first-order valence-corrected chi connectivity index (χ1v) is 9.61. The van der Waals surface area contributed by atoms with Gasteiger partial charge in [-0.2, -0.15) is 0 Å². The molecule has 0 saturated carbocycles. The van der Waals surface area contributed by atoms with Crippen LogP contribution in [0.5, 0.6) is 5.75 Å². The van der Waals surface area contributed by atoms with Gasteiger partial charge in [0.05, 0.1) is 13.2 Å². The number of halogens is 1. The highest BCUT2D eigenvalue weighted by Crippen LogP contribution is 2.29. The Morgan fingerprint density at radius 1 is 1.15 bits per heavy atom. The van der Waals surface area contributed by atoms with Crippen molar-refractivity contribution in [2.75, 3.05) is 21.2 Å². The molecule has 5 nitrogen and oxygen atoms in total. The lowest BCUT2D eigenvalue weighted by Crippen LogP contribution is -2.20. The Morgan fingerprint density at radius 3 is 2.56 bits per heavy atom. The number of aromatic nitrogens is 3. The third kappa shape index (κ3) is 4.48.